The summed E-state index contributed by atoms with van der Waals surface area (Å²) in [6.45, 7) is 1.95. The van der Waals surface area contributed by atoms with Gasteiger partial charge in [-0.1, -0.05) is 22.0 Å². The summed E-state index contributed by atoms with van der Waals surface area (Å²) in [4.78, 5) is 11.0. The molecule has 1 heterocycles. The summed E-state index contributed by atoms with van der Waals surface area (Å²) in [5, 5.41) is 17.1. The third kappa shape index (κ3) is 2.78. The van der Waals surface area contributed by atoms with Crippen LogP contribution >= 0.6 is 15.9 Å². The van der Waals surface area contributed by atoms with Crippen molar-refractivity contribution < 1.29 is 14.3 Å². The van der Waals surface area contributed by atoms with Gasteiger partial charge in [0.2, 0.25) is 11.8 Å². The summed E-state index contributed by atoms with van der Waals surface area (Å²) in [6.07, 6.45) is 0. The normalized spacial score (nSPS) is 10.6. The quantitative estimate of drug-likeness (QED) is 0.760. The van der Waals surface area contributed by atoms with Gasteiger partial charge >= 0.3 is 5.97 Å². The van der Waals surface area contributed by atoms with E-state index in [1.807, 2.05) is 25.1 Å². The molecule has 110 valence electrons. The highest BCUT2D eigenvalue weighted by Crippen LogP contribution is 2.28. The average Bonchev–Trinajstić information content (AvgIpc) is 2.97. The summed E-state index contributed by atoms with van der Waals surface area (Å²) >= 11 is 3.41. The Morgan fingerprint density at radius 3 is 2.64 bits per heavy atom. The van der Waals surface area contributed by atoms with Crippen LogP contribution in [0.4, 0.5) is 0 Å². The molecular formula is C16H11BrN2O3. The Labute approximate surface area is 134 Å². The van der Waals surface area contributed by atoms with Gasteiger partial charge in [0, 0.05) is 15.6 Å². The number of aromatic nitrogens is 2. The van der Waals surface area contributed by atoms with Crippen molar-refractivity contribution in [3.05, 3.63) is 58.1 Å². The fourth-order valence-corrected chi connectivity index (χ4v) is 2.58. The van der Waals surface area contributed by atoms with Gasteiger partial charge in [-0.3, -0.25) is 0 Å². The molecule has 22 heavy (non-hydrogen) atoms. The van der Waals surface area contributed by atoms with Crippen molar-refractivity contribution in [1.82, 2.24) is 10.2 Å². The fourth-order valence-electron chi connectivity index (χ4n) is 2.10. The van der Waals surface area contributed by atoms with Crippen molar-refractivity contribution in [2.24, 2.45) is 0 Å². The van der Waals surface area contributed by atoms with Crippen molar-refractivity contribution in [2.75, 3.05) is 0 Å². The molecule has 0 aliphatic carbocycles. The zero-order chi connectivity index (χ0) is 15.7. The van der Waals surface area contributed by atoms with E-state index in [0.29, 0.717) is 17.3 Å². The van der Waals surface area contributed by atoms with Crippen LogP contribution in [0.2, 0.25) is 0 Å². The molecule has 0 unspecified atom stereocenters. The highest BCUT2D eigenvalue weighted by atomic mass is 79.9. The number of nitrogens with zero attached hydrogens (tertiary/aromatic N) is 2. The standard InChI is InChI=1S/C16H11BrN2O3/c1-9-7-12(17)5-6-13(9)15-19-18-14(22-15)10-3-2-4-11(8-10)16(20)21/h2-8H,1H3,(H,20,21). The van der Waals surface area contributed by atoms with Crippen molar-refractivity contribution in [3.63, 3.8) is 0 Å². The Balaban J connectivity index is 2.00. The second kappa shape index (κ2) is 5.73. The smallest absolute Gasteiger partial charge is 0.335 e. The Bertz CT molecular complexity index is 858. The summed E-state index contributed by atoms with van der Waals surface area (Å²) in [7, 11) is 0. The summed E-state index contributed by atoms with van der Waals surface area (Å²) in [5.74, 6) is -0.300. The number of hydrogen-bond acceptors (Lipinski definition) is 4. The van der Waals surface area contributed by atoms with Crippen LogP contribution in [0, 0.1) is 6.92 Å². The molecule has 5 nitrogen and oxygen atoms in total. The van der Waals surface area contributed by atoms with Gasteiger partial charge < -0.3 is 9.52 Å². The summed E-state index contributed by atoms with van der Waals surface area (Å²) in [5.41, 5.74) is 2.60. The van der Waals surface area contributed by atoms with E-state index in [9.17, 15) is 4.79 Å². The van der Waals surface area contributed by atoms with E-state index in [-0.39, 0.29) is 5.56 Å². The fraction of sp³-hybridized carbons (Fsp3) is 0.0625. The summed E-state index contributed by atoms with van der Waals surface area (Å²) < 4.78 is 6.66. The minimum Gasteiger partial charge on any atom is -0.478 e. The zero-order valence-corrected chi connectivity index (χ0v) is 13.2. The van der Waals surface area contributed by atoms with Gasteiger partial charge in [0.05, 0.1) is 5.56 Å². The van der Waals surface area contributed by atoms with Crippen LogP contribution < -0.4 is 0 Å². The molecule has 0 aliphatic heterocycles. The van der Waals surface area contributed by atoms with Crippen LogP contribution in [-0.2, 0) is 0 Å². The highest BCUT2D eigenvalue weighted by molar-refractivity contribution is 9.10. The molecule has 1 N–H and O–H groups in total. The van der Waals surface area contributed by atoms with Crippen molar-refractivity contribution >= 4 is 21.9 Å². The molecule has 3 rings (SSSR count). The number of carbonyl (C=O) groups is 1. The largest absolute Gasteiger partial charge is 0.478 e. The van der Waals surface area contributed by atoms with Crippen molar-refractivity contribution in [2.45, 2.75) is 6.92 Å². The topological polar surface area (TPSA) is 76.2 Å². The van der Waals surface area contributed by atoms with Crippen molar-refractivity contribution in [3.8, 4) is 22.9 Å². The third-order valence-corrected chi connectivity index (χ3v) is 3.69. The molecule has 0 aliphatic rings. The Kier molecular flexibility index (Phi) is 3.77. The Hall–Kier alpha value is -2.47. The molecular weight excluding hydrogens is 348 g/mol. The second-order valence-corrected chi connectivity index (χ2v) is 5.67. The lowest BCUT2D eigenvalue weighted by molar-refractivity contribution is 0.0697. The molecule has 0 atom stereocenters. The van der Waals surface area contributed by atoms with E-state index in [2.05, 4.69) is 26.1 Å². The monoisotopic (exact) mass is 358 g/mol. The number of hydrogen-bond donors (Lipinski definition) is 1. The molecule has 0 radical (unpaired) electrons. The number of carboxylic acids is 1. The van der Waals surface area contributed by atoms with E-state index in [1.54, 1.807) is 12.1 Å². The molecule has 0 amide bonds. The average molecular weight is 359 g/mol. The second-order valence-electron chi connectivity index (χ2n) is 4.76. The summed E-state index contributed by atoms with van der Waals surface area (Å²) in [6, 6.07) is 12.2. The van der Waals surface area contributed by atoms with E-state index in [1.165, 1.54) is 12.1 Å². The minimum absolute atomic E-state index is 0.178. The molecule has 0 fully saturated rings. The third-order valence-electron chi connectivity index (χ3n) is 3.20. The lowest BCUT2D eigenvalue weighted by Gasteiger charge is -2.01. The van der Waals surface area contributed by atoms with Gasteiger partial charge in [-0.25, -0.2) is 4.79 Å². The lowest BCUT2D eigenvalue weighted by Crippen LogP contribution is -1.95. The number of halogens is 1. The van der Waals surface area contributed by atoms with E-state index < -0.39 is 5.97 Å². The van der Waals surface area contributed by atoms with Crippen LogP contribution in [0.3, 0.4) is 0 Å². The van der Waals surface area contributed by atoms with Gasteiger partial charge in [-0.2, -0.15) is 0 Å². The first-order valence-corrected chi connectivity index (χ1v) is 7.27. The van der Waals surface area contributed by atoms with E-state index in [0.717, 1.165) is 15.6 Å². The van der Waals surface area contributed by atoms with Crippen LogP contribution in [0.1, 0.15) is 15.9 Å². The van der Waals surface area contributed by atoms with Gasteiger partial charge in [-0.05, 0) is 48.9 Å². The predicted octanol–water partition coefficient (Wildman–Crippen LogP) is 4.17. The van der Waals surface area contributed by atoms with Gasteiger partial charge in [-0.15, -0.1) is 10.2 Å². The first-order valence-electron chi connectivity index (χ1n) is 6.48. The Morgan fingerprint density at radius 2 is 1.91 bits per heavy atom. The SMILES string of the molecule is Cc1cc(Br)ccc1-c1nnc(-c2cccc(C(=O)O)c2)o1. The van der Waals surface area contributed by atoms with Crippen LogP contribution in [0.25, 0.3) is 22.9 Å². The zero-order valence-electron chi connectivity index (χ0n) is 11.6. The van der Waals surface area contributed by atoms with Crippen LogP contribution in [0.15, 0.2) is 51.4 Å². The van der Waals surface area contributed by atoms with Crippen molar-refractivity contribution in [1.29, 1.82) is 0 Å². The minimum atomic E-state index is -0.995. The number of rotatable bonds is 3. The lowest BCUT2D eigenvalue weighted by atomic mass is 10.1. The maximum atomic E-state index is 11.0. The molecule has 3 aromatic rings. The number of aryl methyl sites for hydroxylation is 1. The van der Waals surface area contributed by atoms with Gasteiger partial charge in [0.1, 0.15) is 0 Å². The number of carboxylic acid groups (broad SMARTS) is 1. The Morgan fingerprint density at radius 1 is 1.14 bits per heavy atom. The molecule has 0 saturated heterocycles. The maximum absolute atomic E-state index is 11.0. The van der Waals surface area contributed by atoms with E-state index in [4.69, 9.17) is 9.52 Å². The number of aromatic carboxylic acids is 1. The molecule has 0 bridgehead atoms. The first-order chi connectivity index (χ1) is 10.5. The van der Waals surface area contributed by atoms with Crippen LogP contribution in [-0.4, -0.2) is 21.3 Å². The highest BCUT2D eigenvalue weighted by Gasteiger charge is 2.14. The molecule has 6 heteroatoms. The molecule has 2 aromatic carbocycles. The first kappa shape index (κ1) is 14.5. The number of benzene rings is 2. The maximum Gasteiger partial charge on any atom is 0.335 e. The molecule has 1 aromatic heterocycles. The predicted molar refractivity (Wildman–Crippen MR) is 84.6 cm³/mol. The molecule has 0 spiro atoms. The van der Waals surface area contributed by atoms with Gasteiger partial charge in [0.25, 0.3) is 0 Å². The molecule has 0 saturated carbocycles. The van der Waals surface area contributed by atoms with E-state index >= 15 is 0 Å². The van der Waals surface area contributed by atoms with Gasteiger partial charge in [0.15, 0.2) is 0 Å². The van der Waals surface area contributed by atoms with Crippen LogP contribution in [0.5, 0.6) is 0 Å².